The lowest BCUT2D eigenvalue weighted by atomic mass is 9.63. The normalized spacial score (nSPS) is 41.1. The van der Waals surface area contributed by atoms with Crippen molar-refractivity contribution in [2.45, 2.75) is 57.6 Å². The van der Waals surface area contributed by atoms with E-state index in [0.29, 0.717) is 18.8 Å². The van der Waals surface area contributed by atoms with Crippen LogP contribution >= 0.6 is 0 Å². The van der Waals surface area contributed by atoms with E-state index in [9.17, 15) is 9.90 Å². The predicted octanol–water partition coefficient (Wildman–Crippen LogP) is 1.35. The van der Waals surface area contributed by atoms with Gasteiger partial charge in [0.1, 0.15) is 5.41 Å². The smallest absolute Gasteiger partial charge is 0.240 e. The third-order valence-electron chi connectivity index (χ3n) is 4.09. The largest absolute Gasteiger partial charge is 0.391 e. The molecule has 0 aromatic carbocycles. The van der Waals surface area contributed by atoms with Crippen LogP contribution in [0.5, 0.6) is 0 Å². The van der Waals surface area contributed by atoms with Crippen LogP contribution in [0.25, 0.3) is 0 Å². The Balaban J connectivity index is 1.94. The maximum atomic E-state index is 12.1. The van der Waals surface area contributed by atoms with E-state index >= 15 is 0 Å². The summed E-state index contributed by atoms with van der Waals surface area (Å²) >= 11 is 0. The van der Waals surface area contributed by atoms with Gasteiger partial charge in [-0.3, -0.25) is 4.79 Å². The zero-order valence-corrected chi connectivity index (χ0v) is 10.3. The standard InChI is InChI=1S/C13H20N2O2/c1-9-6-13(7-9,8-14)12(17)15-10-4-2-3-5-11(10)16/h9-11,16H,2-7H2,1H3,(H,15,17). The number of hydrogen-bond donors (Lipinski definition) is 2. The van der Waals surface area contributed by atoms with Gasteiger partial charge in [-0.15, -0.1) is 0 Å². The van der Waals surface area contributed by atoms with Gasteiger partial charge in [0.25, 0.3) is 0 Å². The first-order valence-electron chi connectivity index (χ1n) is 6.48. The van der Waals surface area contributed by atoms with Crippen LogP contribution in [0.2, 0.25) is 0 Å². The average Bonchev–Trinajstić information content (AvgIpc) is 2.27. The Morgan fingerprint density at radius 2 is 2.06 bits per heavy atom. The van der Waals surface area contributed by atoms with Crippen molar-refractivity contribution in [3.63, 3.8) is 0 Å². The molecule has 0 radical (unpaired) electrons. The zero-order chi connectivity index (χ0) is 12.5. The molecule has 4 heteroatoms. The van der Waals surface area contributed by atoms with Gasteiger partial charge < -0.3 is 10.4 Å². The summed E-state index contributed by atoms with van der Waals surface area (Å²) in [5.41, 5.74) is -0.823. The fraction of sp³-hybridized carbons (Fsp3) is 0.846. The van der Waals surface area contributed by atoms with Gasteiger partial charge in [-0.05, 0) is 31.6 Å². The highest BCUT2D eigenvalue weighted by Crippen LogP contribution is 2.45. The van der Waals surface area contributed by atoms with E-state index in [2.05, 4.69) is 18.3 Å². The maximum absolute atomic E-state index is 12.1. The van der Waals surface area contributed by atoms with Gasteiger partial charge in [-0.25, -0.2) is 0 Å². The van der Waals surface area contributed by atoms with Crippen LogP contribution in [0.1, 0.15) is 45.4 Å². The van der Waals surface area contributed by atoms with E-state index in [-0.39, 0.29) is 11.9 Å². The lowest BCUT2D eigenvalue weighted by Gasteiger charge is -2.41. The van der Waals surface area contributed by atoms with E-state index < -0.39 is 11.5 Å². The van der Waals surface area contributed by atoms with Gasteiger partial charge in [0.15, 0.2) is 0 Å². The molecule has 2 fully saturated rings. The van der Waals surface area contributed by atoms with Crippen molar-refractivity contribution < 1.29 is 9.90 Å². The second-order valence-electron chi connectivity index (χ2n) is 5.64. The number of nitriles is 1. The topological polar surface area (TPSA) is 73.1 Å². The van der Waals surface area contributed by atoms with Crippen molar-refractivity contribution in [1.29, 1.82) is 5.26 Å². The van der Waals surface area contributed by atoms with Crippen molar-refractivity contribution in [2.24, 2.45) is 11.3 Å². The maximum Gasteiger partial charge on any atom is 0.240 e. The zero-order valence-electron chi connectivity index (χ0n) is 10.3. The Labute approximate surface area is 102 Å². The van der Waals surface area contributed by atoms with E-state index in [1.54, 1.807) is 0 Å². The summed E-state index contributed by atoms with van der Waals surface area (Å²) in [5, 5.41) is 21.8. The molecule has 0 bridgehead atoms. The predicted molar refractivity (Wildman–Crippen MR) is 62.8 cm³/mol. The molecule has 2 rings (SSSR count). The Morgan fingerprint density at radius 3 is 2.59 bits per heavy atom. The van der Waals surface area contributed by atoms with Crippen LogP contribution in [-0.2, 0) is 4.79 Å². The summed E-state index contributed by atoms with van der Waals surface area (Å²) in [6, 6.07) is 2.00. The number of rotatable bonds is 2. The minimum atomic E-state index is -0.823. The number of carbonyl (C=O) groups excluding carboxylic acids is 1. The first-order chi connectivity index (χ1) is 8.07. The summed E-state index contributed by atoms with van der Waals surface area (Å²) in [5.74, 6) is 0.278. The van der Waals surface area contributed by atoms with Crippen molar-refractivity contribution >= 4 is 5.91 Å². The monoisotopic (exact) mass is 236 g/mol. The molecule has 0 aromatic rings. The van der Waals surface area contributed by atoms with Crippen molar-refractivity contribution in [1.82, 2.24) is 5.32 Å². The number of aliphatic hydroxyl groups excluding tert-OH is 1. The molecule has 17 heavy (non-hydrogen) atoms. The quantitative estimate of drug-likeness (QED) is 0.760. The molecule has 0 aromatic heterocycles. The second kappa shape index (κ2) is 4.66. The van der Waals surface area contributed by atoms with Crippen LogP contribution in [0, 0.1) is 22.7 Å². The molecule has 4 nitrogen and oxygen atoms in total. The van der Waals surface area contributed by atoms with E-state index in [1.807, 2.05) is 0 Å². The molecule has 2 saturated carbocycles. The minimum absolute atomic E-state index is 0.155. The molecule has 94 valence electrons. The summed E-state index contributed by atoms with van der Waals surface area (Å²) in [7, 11) is 0. The van der Waals surface area contributed by atoms with Crippen molar-refractivity contribution in [3.05, 3.63) is 0 Å². The molecule has 2 aliphatic rings. The number of nitrogens with zero attached hydrogens (tertiary/aromatic N) is 1. The van der Waals surface area contributed by atoms with Gasteiger partial charge in [-0.2, -0.15) is 5.26 Å². The fourth-order valence-electron chi connectivity index (χ4n) is 3.04. The Morgan fingerprint density at radius 1 is 1.41 bits per heavy atom. The van der Waals surface area contributed by atoms with Gasteiger partial charge in [-0.1, -0.05) is 19.8 Å². The van der Waals surface area contributed by atoms with E-state index in [4.69, 9.17) is 5.26 Å². The van der Waals surface area contributed by atoms with Crippen LogP contribution in [-0.4, -0.2) is 23.2 Å². The molecule has 2 N–H and O–H groups in total. The molecule has 0 saturated heterocycles. The highest BCUT2D eigenvalue weighted by atomic mass is 16.3. The molecular weight excluding hydrogens is 216 g/mol. The molecular formula is C13H20N2O2. The van der Waals surface area contributed by atoms with Gasteiger partial charge in [0.2, 0.25) is 5.91 Å². The Hall–Kier alpha value is -1.08. The minimum Gasteiger partial charge on any atom is -0.391 e. The molecule has 2 unspecified atom stereocenters. The molecule has 1 amide bonds. The molecule has 2 aliphatic carbocycles. The average molecular weight is 236 g/mol. The van der Waals surface area contributed by atoms with Crippen molar-refractivity contribution in [3.8, 4) is 6.07 Å². The molecule has 2 atom stereocenters. The Bertz CT molecular complexity index is 342. The first kappa shape index (κ1) is 12.4. The van der Waals surface area contributed by atoms with Gasteiger partial charge in [0, 0.05) is 0 Å². The number of hydrogen-bond acceptors (Lipinski definition) is 3. The number of nitrogens with one attached hydrogen (secondary N) is 1. The summed E-state index contributed by atoms with van der Waals surface area (Å²) < 4.78 is 0. The summed E-state index contributed by atoms with van der Waals surface area (Å²) in [4.78, 5) is 12.1. The molecule has 0 heterocycles. The Kier molecular flexibility index (Phi) is 3.39. The molecule has 0 aliphatic heterocycles. The third kappa shape index (κ3) is 2.30. The number of carbonyl (C=O) groups is 1. The van der Waals surface area contributed by atoms with Crippen LogP contribution in [0.15, 0.2) is 0 Å². The van der Waals surface area contributed by atoms with E-state index in [0.717, 1.165) is 25.7 Å². The number of aliphatic hydroxyl groups is 1. The summed E-state index contributed by atoms with van der Waals surface area (Å²) in [6.45, 7) is 2.05. The van der Waals surface area contributed by atoms with Gasteiger partial charge in [0.05, 0.1) is 18.2 Å². The van der Waals surface area contributed by atoms with Crippen molar-refractivity contribution in [2.75, 3.05) is 0 Å². The lowest BCUT2D eigenvalue weighted by Crippen LogP contribution is -2.54. The highest BCUT2D eigenvalue weighted by Gasteiger charge is 2.49. The SMILES string of the molecule is CC1CC(C#N)(C(=O)NC2CCCCC2O)C1. The van der Waals surface area contributed by atoms with Gasteiger partial charge >= 0.3 is 0 Å². The fourth-order valence-corrected chi connectivity index (χ4v) is 3.04. The lowest BCUT2D eigenvalue weighted by molar-refractivity contribution is -0.136. The summed E-state index contributed by atoms with van der Waals surface area (Å²) in [6.07, 6.45) is 4.49. The van der Waals surface area contributed by atoms with Crippen LogP contribution < -0.4 is 5.32 Å². The van der Waals surface area contributed by atoms with Crippen LogP contribution in [0.4, 0.5) is 0 Å². The first-order valence-corrected chi connectivity index (χ1v) is 6.48. The molecule has 0 spiro atoms. The van der Waals surface area contributed by atoms with E-state index in [1.165, 1.54) is 0 Å². The second-order valence-corrected chi connectivity index (χ2v) is 5.64. The number of amides is 1. The third-order valence-corrected chi connectivity index (χ3v) is 4.09. The van der Waals surface area contributed by atoms with Crippen LogP contribution in [0.3, 0.4) is 0 Å². The highest BCUT2D eigenvalue weighted by molar-refractivity contribution is 5.86.